The van der Waals surface area contributed by atoms with Crippen molar-refractivity contribution in [1.82, 2.24) is 15.5 Å². The van der Waals surface area contributed by atoms with E-state index in [0.29, 0.717) is 40.6 Å². The lowest BCUT2D eigenvalue weighted by Crippen LogP contribution is -2.56. The molecule has 1 aromatic carbocycles. The first-order valence-corrected chi connectivity index (χ1v) is 8.99. The minimum absolute atomic E-state index is 0.212. The van der Waals surface area contributed by atoms with E-state index in [4.69, 9.17) is 11.6 Å². The van der Waals surface area contributed by atoms with Crippen molar-refractivity contribution in [2.24, 2.45) is 0 Å². The molecule has 1 aliphatic rings. The maximum Gasteiger partial charge on any atom is 0.329 e. The van der Waals surface area contributed by atoms with Crippen LogP contribution in [-0.4, -0.2) is 44.2 Å². The van der Waals surface area contributed by atoms with E-state index in [2.05, 4.69) is 15.5 Å². The summed E-state index contributed by atoms with van der Waals surface area (Å²) in [6, 6.07) is 8.75. The molecule has 24 heavy (non-hydrogen) atoms. The standard InChI is InChI=1S/C16H16ClN3O3S/c17-11-4-2-1-3-10(11)12-9-13(20-19-12)14(21)18-16(15(22)23)5-7-24-8-6-16/h1-4,9H,5-8H2,(H,18,21)(H,19,20)(H,22,23). The predicted molar refractivity (Wildman–Crippen MR) is 93.4 cm³/mol. The lowest BCUT2D eigenvalue weighted by Gasteiger charge is -2.33. The smallest absolute Gasteiger partial charge is 0.329 e. The average Bonchev–Trinajstić information content (AvgIpc) is 3.06. The van der Waals surface area contributed by atoms with E-state index in [0.717, 1.165) is 0 Å². The number of thioether (sulfide) groups is 1. The molecule has 2 heterocycles. The number of hydrogen-bond acceptors (Lipinski definition) is 4. The predicted octanol–water partition coefficient (Wildman–Crippen LogP) is 2.81. The Labute approximate surface area is 148 Å². The number of aliphatic carboxylic acids is 1. The van der Waals surface area contributed by atoms with Crippen LogP contribution in [0.25, 0.3) is 11.3 Å². The summed E-state index contributed by atoms with van der Waals surface area (Å²) in [5.74, 6) is -0.0574. The largest absolute Gasteiger partial charge is 0.480 e. The second-order valence-corrected chi connectivity index (χ2v) is 7.23. The van der Waals surface area contributed by atoms with Crippen molar-refractivity contribution in [1.29, 1.82) is 0 Å². The van der Waals surface area contributed by atoms with Gasteiger partial charge >= 0.3 is 5.97 Å². The molecule has 1 aliphatic heterocycles. The molecule has 0 bridgehead atoms. The minimum atomic E-state index is -1.21. The molecule has 0 spiro atoms. The van der Waals surface area contributed by atoms with Gasteiger partial charge in [0.15, 0.2) is 0 Å². The Balaban J connectivity index is 1.81. The van der Waals surface area contributed by atoms with Crippen molar-refractivity contribution in [3.8, 4) is 11.3 Å². The van der Waals surface area contributed by atoms with Gasteiger partial charge in [0.2, 0.25) is 0 Å². The highest BCUT2D eigenvalue weighted by Gasteiger charge is 2.41. The molecule has 8 heteroatoms. The number of H-pyrrole nitrogens is 1. The number of carbonyl (C=O) groups is 2. The number of halogens is 1. The molecular formula is C16H16ClN3O3S. The Morgan fingerprint density at radius 1 is 1.29 bits per heavy atom. The van der Waals surface area contributed by atoms with Crippen LogP contribution in [0.4, 0.5) is 0 Å². The molecule has 2 aromatic rings. The number of carboxylic acids is 1. The van der Waals surface area contributed by atoms with Crippen LogP contribution in [0, 0.1) is 0 Å². The zero-order chi connectivity index (χ0) is 17.2. The van der Waals surface area contributed by atoms with Gasteiger partial charge in [0.1, 0.15) is 11.2 Å². The van der Waals surface area contributed by atoms with Crippen LogP contribution in [0.5, 0.6) is 0 Å². The molecule has 0 aliphatic carbocycles. The minimum Gasteiger partial charge on any atom is -0.480 e. The second kappa shape index (κ2) is 6.86. The molecule has 1 saturated heterocycles. The first-order valence-electron chi connectivity index (χ1n) is 7.46. The van der Waals surface area contributed by atoms with Gasteiger partial charge in [0.25, 0.3) is 5.91 Å². The Bertz CT molecular complexity index is 771. The van der Waals surface area contributed by atoms with Gasteiger partial charge in [-0.3, -0.25) is 9.89 Å². The molecule has 0 unspecified atom stereocenters. The van der Waals surface area contributed by atoms with Crippen molar-refractivity contribution in [2.45, 2.75) is 18.4 Å². The van der Waals surface area contributed by atoms with Crippen molar-refractivity contribution in [3.05, 3.63) is 41.0 Å². The normalized spacial score (nSPS) is 16.5. The summed E-state index contributed by atoms with van der Waals surface area (Å²) in [4.78, 5) is 24.1. The summed E-state index contributed by atoms with van der Waals surface area (Å²) in [5, 5.41) is 19.5. The zero-order valence-corrected chi connectivity index (χ0v) is 14.3. The molecule has 0 atom stereocenters. The highest BCUT2D eigenvalue weighted by atomic mass is 35.5. The van der Waals surface area contributed by atoms with E-state index in [1.165, 1.54) is 0 Å². The number of aromatic nitrogens is 2. The molecule has 1 amide bonds. The van der Waals surface area contributed by atoms with Crippen LogP contribution in [0.1, 0.15) is 23.3 Å². The fourth-order valence-electron chi connectivity index (χ4n) is 2.64. The summed E-state index contributed by atoms with van der Waals surface area (Å²) < 4.78 is 0. The number of benzene rings is 1. The summed E-state index contributed by atoms with van der Waals surface area (Å²) in [6.45, 7) is 0. The summed E-state index contributed by atoms with van der Waals surface area (Å²) in [6.07, 6.45) is 0.814. The van der Waals surface area contributed by atoms with E-state index < -0.39 is 17.4 Å². The first kappa shape index (κ1) is 16.9. The molecule has 1 fully saturated rings. The van der Waals surface area contributed by atoms with Gasteiger partial charge in [0.05, 0.1) is 10.7 Å². The Kier molecular flexibility index (Phi) is 4.82. The molecule has 1 aromatic heterocycles. The van der Waals surface area contributed by atoms with Gasteiger partial charge in [-0.2, -0.15) is 16.9 Å². The van der Waals surface area contributed by atoms with Gasteiger partial charge in [-0.15, -0.1) is 0 Å². The quantitative estimate of drug-likeness (QED) is 0.774. The SMILES string of the molecule is O=C(NC1(C(=O)O)CCSCC1)c1cc(-c2ccccc2Cl)n[nH]1. The lowest BCUT2D eigenvalue weighted by atomic mass is 9.92. The summed E-state index contributed by atoms with van der Waals surface area (Å²) >= 11 is 7.82. The third-order valence-corrected chi connectivity index (χ3v) is 5.40. The number of rotatable bonds is 4. The maximum atomic E-state index is 12.5. The molecular weight excluding hydrogens is 350 g/mol. The monoisotopic (exact) mass is 365 g/mol. The van der Waals surface area contributed by atoms with E-state index in [1.807, 2.05) is 12.1 Å². The van der Waals surface area contributed by atoms with E-state index >= 15 is 0 Å². The summed E-state index contributed by atoms with van der Waals surface area (Å²) in [5.41, 5.74) is 0.243. The molecule has 126 valence electrons. The van der Waals surface area contributed by atoms with Crippen molar-refractivity contribution < 1.29 is 14.7 Å². The number of nitrogens with zero attached hydrogens (tertiary/aromatic N) is 1. The van der Waals surface area contributed by atoms with Crippen LogP contribution in [0.3, 0.4) is 0 Å². The zero-order valence-electron chi connectivity index (χ0n) is 12.7. The van der Waals surface area contributed by atoms with E-state index in [1.54, 1.807) is 30.0 Å². The van der Waals surface area contributed by atoms with Crippen LogP contribution in [-0.2, 0) is 4.79 Å². The number of carboxylic acid groups (broad SMARTS) is 1. The third-order valence-electron chi connectivity index (χ3n) is 4.08. The van der Waals surface area contributed by atoms with E-state index in [-0.39, 0.29) is 5.69 Å². The molecule has 0 saturated carbocycles. The van der Waals surface area contributed by atoms with Crippen LogP contribution < -0.4 is 5.32 Å². The number of carbonyl (C=O) groups excluding carboxylic acids is 1. The van der Waals surface area contributed by atoms with Crippen molar-refractivity contribution in [3.63, 3.8) is 0 Å². The molecule has 3 rings (SSSR count). The highest BCUT2D eigenvalue weighted by molar-refractivity contribution is 7.99. The first-order chi connectivity index (χ1) is 11.5. The number of nitrogens with one attached hydrogen (secondary N) is 2. The molecule has 3 N–H and O–H groups in total. The maximum absolute atomic E-state index is 12.5. The molecule has 0 radical (unpaired) electrons. The van der Waals surface area contributed by atoms with Gasteiger partial charge in [-0.1, -0.05) is 29.8 Å². The number of hydrogen-bond donors (Lipinski definition) is 3. The van der Waals surface area contributed by atoms with Crippen LogP contribution in [0.2, 0.25) is 5.02 Å². The Morgan fingerprint density at radius 2 is 2.00 bits per heavy atom. The average molecular weight is 366 g/mol. The third kappa shape index (κ3) is 3.27. The Morgan fingerprint density at radius 3 is 2.67 bits per heavy atom. The summed E-state index contributed by atoms with van der Waals surface area (Å²) in [7, 11) is 0. The van der Waals surface area contributed by atoms with Gasteiger partial charge < -0.3 is 10.4 Å². The van der Waals surface area contributed by atoms with Crippen LogP contribution >= 0.6 is 23.4 Å². The van der Waals surface area contributed by atoms with Gasteiger partial charge in [-0.05, 0) is 36.5 Å². The second-order valence-electron chi connectivity index (χ2n) is 5.60. The van der Waals surface area contributed by atoms with E-state index in [9.17, 15) is 14.7 Å². The van der Waals surface area contributed by atoms with Gasteiger partial charge in [0, 0.05) is 5.56 Å². The number of amides is 1. The topological polar surface area (TPSA) is 95.1 Å². The fourth-order valence-corrected chi connectivity index (χ4v) is 4.06. The van der Waals surface area contributed by atoms with Gasteiger partial charge in [-0.25, -0.2) is 4.79 Å². The van der Waals surface area contributed by atoms with Crippen molar-refractivity contribution >= 4 is 35.2 Å². The highest BCUT2D eigenvalue weighted by Crippen LogP contribution is 2.29. The number of aromatic amines is 1. The van der Waals surface area contributed by atoms with Crippen LogP contribution in [0.15, 0.2) is 30.3 Å². The lowest BCUT2D eigenvalue weighted by molar-refractivity contribution is -0.144. The molecule has 6 nitrogen and oxygen atoms in total. The Hall–Kier alpha value is -1.99. The van der Waals surface area contributed by atoms with Crippen molar-refractivity contribution in [2.75, 3.05) is 11.5 Å². The fraction of sp³-hybridized carbons (Fsp3) is 0.312.